The van der Waals surface area contributed by atoms with Crippen molar-refractivity contribution in [3.8, 4) is 0 Å². The molecule has 0 aliphatic carbocycles. The van der Waals surface area contributed by atoms with Crippen molar-refractivity contribution in [1.82, 2.24) is 0 Å². The van der Waals surface area contributed by atoms with Crippen LogP contribution in [0.15, 0.2) is 89.8 Å². The van der Waals surface area contributed by atoms with Gasteiger partial charge in [-0.1, -0.05) is 60.7 Å². The summed E-state index contributed by atoms with van der Waals surface area (Å²) in [4.78, 5) is 11.3. The molecular weight excluding hydrogens is 350 g/mol. The molecule has 5 nitrogen and oxygen atoms in total. The van der Waals surface area contributed by atoms with Gasteiger partial charge in [-0.05, 0) is 29.8 Å². The summed E-state index contributed by atoms with van der Waals surface area (Å²) in [7, 11) is -4.08. The first-order chi connectivity index (χ1) is 12.5. The molecule has 3 aromatic rings. The van der Waals surface area contributed by atoms with E-state index in [4.69, 9.17) is 0 Å². The number of benzene rings is 3. The van der Waals surface area contributed by atoms with Crippen LogP contribution in [-0.2, 0) is 16.6 Å². The largest absolute Gasteiger partial charge is 0.478 e. The van der Waals surface area contributed by atoms with Crippen molar-refractivity contribution in [2.75, 3.05) is 4.31 Å². The van der Waals surface area contributed by atoms with Crippen LogP contribution in [0.3, 0.4) is 0 Å². The van der Waals surface area contributed by atoms with Crippen molar-refractivity contribution in [3.05, 3.63) is 96.1 Å². The third-order valence-electron chi connectivity index (χ3n) is 3.90. The van der Waals surface area contributed by atoms with Crippen molar-refractivity contribution < 1.29 is 18.3 Å². The summed E-state index contributed by atoms with van der Waals surface area (Å²) in [5, 5.41) is 9.39. The number of hydrogen-bond donors (Lipinski definition) is 1. The molecule has 0 unspecified atom stereocenters. The topological polar surface area (TPSA) is 74.7 Å². The van der Waals surface area contributed by atoms with E-state index in [-0.39, 0.29) is 17.0 Å². The fourth-order valence-corrected chi connectivity index (χ4v) is 4.29. The Morgan fingerprint density at radius 1 is 0.808 bits per heavy atom. The highest BCUT2D eigenvalue weighted by molar-refractivity contribution is 7.92. The predicted molar refractivity (Wildman–Crippen MR) is 99.7 cm³/mol. The van der Waals surface area contributed by atoms with Gasteiger partial charge >= 0.3 is 5.97 Å². The maximum atomic E-state index is 13.3. The molecule has 0 amide bonds. The average molecular weight is 367 g/mol. The predicted octanol–water partition coefficient (Wildman–Crippen LogP) is 3.78. The summed E-state index contributed by atoms with van der Waals surface area (Å²) in [5.74, 6) is -1.28. The van der Waals surface area contributed by atoms with Gasteiger partial charge in [-0.15, -0.1) is 0 Å². The molecule has 0 radical (unpaired) electrons. The summed E-state index contributed by atoms with van der Waals surface area (Å²) < 4.78 is 27.9. The molecule has 1 N–H and O–H groups in total. The van der Waals surface area contributed by atoms with Crippen molar-refractivity contribution in [2.24, 2.45) is 0 Å². The molecule has 26 heavy (non-hydrogen) atoms. The van der Waals surface area contributed by atoms with E-state index in [0.29, 0.717) is 5.69 Å². The van der Waals surface area contributed by atoms with Gasteiger partial charge in [0.05, 0.1) is 17.8 Å². The molecule has 0 fully saturated rings. The Labute approximate surface area is 152 Å². The number of carboxylic acids is 1. The lowest BCUT2D eigenvalue weighted by molar-refractivity contribution is 0.0692. The molecule has 0 saturated heterocycles. The summed E-state index contributed by atoms with van der Waals surface area (Å²) in [5.41, 5.74) is 1.02. The van der Waals surface area contributed by atoms with Gasteiger partial charge in [-0.3, -0.25) is 4.31 Å². The molecule has 0 bridgehead atoms. The van der Waals surface area contributed by atoms with Gasteiger partial charge < -0.3 is 5.11 Å². The number of carbonyl (C=O) groups is 1. The van der Waals surface area contributed by atoms with Crippen LogP contribution < -0.4 is 4.31 Å². The monoisotopic (exact) mass is 367 g/mol. The van der Waals surface area contributed by atoms with Crippen LogP contribution in [0.25, 0.3) is 0 Å². The molecule has 132 valence electrons. The Balaban J connectivity index is 2.14. The number of aromatic carboxylic acids is 1. The lowest BCUT2D eigenvalue weighted by atomic mass is 10.2. The second kappa shape index (κ2) is 7.41. The summed E-state index contributed by atoms with van der Waals surface area (Å²) >= 11 is 0. The average Bonchev–Trinajstić information content (AvgIpc) is 2.67. The summed E-state index contributed by atoms with van der Waals surface area (Å²) in [6.45, 7) is 0.0984. The molecule has 0 aliphatic heterocycles. The third kappa shape index (κ3) is 3.60. The highest BCUT2D eigenvalue weighted by atomic mass is 32.2. The standard InChI is InChI=1S/C20H17NO4S/c22-20(23)18-13-7-8-14-19(18)26(24,25)21(17-11-5-2-6-12-17)15-16-9-3-1-4-10-16/h1-14H,15H2,(H,22,23). The van der Waals surface area contributed by atoms with Crippen LogP contribution in [0.4, 0.5) is 5.69 Å². The molecule has 0 atom stereocenters. The number of carboxylic acid groups (broad SMARTS) is 1. The fraction of sp³-hybridized carbons (Fsp3) is 0.0500. The quantitative estimate of drug-likeness (QED) is 0.719. The minimum Gasteiger partial charge on any atom is -0.478 e. The van der Waals surface area contributed by atoms with Crippen molar-refractivity contribution >= 4 is 21.7 Å². The first-order valence-corrected chi connectivity index (χ1v) is 9.38. The normalized spacial score (nSPS) is 11.1. The van der Waals surface area contributed by atoms with E-state index >= 15 is 0 Å². The highest BCUT2D eigenvalue weighted by Crippen LogP contribution is 2.27. The first kappa shape index (κ1) is 17.7. The molecular formula is C20H17NO4S. The zero-order valence-corrected chi connectivity index (χ0v) is 14.6. The molecule has 0 saturated carbocycles. The molecule has 3 rings (SSSR count). The Morgan fingerprint density at radius 2 is 1.35 bits per heavy atom. The first-order valence-electron chi connectivity index (χ1n) is 7.94. The minimum atomic E-state index is -4.08. The molecule has 6 heteroatoms. The van der Waals surface area contributed by atoms with Gasteiger partial charge in [0.1, 0.15) is 4.90 Å². The van der Waals surface area contributed by atoms with E-state index in [2.05, 4.69) is 0 Å². The van der Waals surface area contributed by atoms with E-state index in [1.807, 2.05) is 30.3 Å². The van der Waals surface area contributed by atoms with Gasteiger partial charge in [-0.2, -0.15) is 0 Å². The smallest absolute Gasteiger partial charge is 0.337 e. The maximum absolute atomic E-state index is 13.3. The van der Waals surface area contributed by atoms with E-state index in [0.717, 1.165) is 5.56 Å². The zero-order valence-electron chi connectivity index (χ0n) is 13.8. The number of sulfonamides is 1. The number of nitrogens with zero attached hydrogens (tertiary/aromatic N) is 1. The van der Waals surface area contributed by atoms with Crippen molar-refractivity contribution in [2.45, 2.75) is 11.4 Å². The van der Waals surface area contributed by atoms with Gasteiger partial charge in [0.15, 0.2) is 0 Å². The summed E-state index contributed by atoms with van der Waals surface area (Å²) in [6, 6.07) is 23.5. The zero-order chi connectivity index (χ0) is 18.6. The lowest BCUT2D eigenvalue weighted by Crippen LogP contribution is -2.31. The second-order valence-electron chi connectivity index (χ2n) is 5.63. The minimum absolute atomic E-state index is 0.0984. The number of hydrogen-bond acceptors (Lipinski definition) is 3. The summed E-state index contributed by atoms with van der Waals surface area (Å²) in [6.07, 6.45) is 0. The molecule has 3 aromatic carbocycles. The van der Waals surface area contributed by atoms with Crippen LogP contribution in [0.2, 0.25) is 0 Å². The molecule has 0 aliphatic rings. The number of rotatable bonds is 6. The lowest BCUT2D eigenvalue weighted by Gasteiger charge is -2.25. The third-order valence-corrected chi connectivity index (χ3v) is 5.73. The van der Waals surface area contributed by atoms with Crippen molar-refractivity contribution in [3.63, 3.8) is 0 Å². The van der Waals surface area contributed by atoms with E-state index in [9.17, 15) is 18.3 Å². The Kier molecular flexibility index (Phi) is 5.04. The van der Waals surface area contributed by atoms with Gasteiger partial charge in [0.2, 0.25) is 0 Å². The molecule has 0 spiro atoms. The van der Waals surface area contributed by atoms with E-state index in [1.165, 1.54) is 28.6 Å². The van der Waals surface area contributed by atoms with Crippen LogP contribution in [0.1, 0.15) is 15.9 Å². The van der Waals surface area contributed by atoms with Crippen molar-refractivity contribution in [1.29, 1.82) is 0 Å². The van der Waals surface area contributed by atoms with Crippen LogP contribution in [0.5, 0.6) is 0 Å². The van der Waals surface area contributed by atoms with Crippen LogP contribution >= 0.6 is 0 Å². The van der Waals surface area contributed by atoms with Crippen LogP contribution in [0, 0.1) is 0 Å². The number of anilines is 1. The highest BCUT2D eigenvalue weighted by Gasteiger charge is 2.29. The maximum Gasteiger partial charge on any atom is 0.337 e. The molecule has 0 aromatic heterocycles. The van der Waals surface area contributed by atoms with E-state index in [1.54, 1.807) is 30.3 Å². The fourth-order valence-electron chi connectivity index (χ4n) is 2.65. The second-order valence-corrected chi connectivity index (χ2v) is 7.46. The van der Waals surface area contributed by atoms with Crippen LogP contribution in [-0.4, -0.2) is 19.5 Å². The Morgan fingerprint density at radius 3 is 1.96 bits per heavy atom. The van der Waals surface area contributed by atoms with Gasteiger partial charge in [-0.25, -0.2) is 13.2 Å². The van der Waals surface area contributed by atoms with Gasteiger partial charge in [0, 0.05) is 0 Å². The Hall–Kier alpha value is -3.12. The SMILES string of the molecule is O=C(O)c1ccccc1S(=O)(=O)N(Cc1ccccc1)c1ccccc1. The van der Waals surface area contributed by atoms with E-state index < -0.39 is 16.0 Å². The Bertz CT molecular complexity index is 1000. The number of para-hydroxylation sites is 1. The van der Waals surface area contributed by atoms with Gasteiger partial charge in [0.25, 0.3) is 10.0 Å². The molecule has 0 heterocycles.